The fourth-order valence-electron chi connectivity index (χ4n) is 1.79. The highest BCUT2D eigenvalue weighted by Crippen LogP contribution is 2.28. The molecule has 0 amide bonds. The van der Waals surface area contributed by atoms with Gasteiger partial charge < -0.3 is 0 Å². The van der Waals surface area contributed by atoms with Crippen LogP contribution in [0.25, 0.3) is 10.6 Å². The maximum Gasteiger partial charge on any atom is 0.269 e. The molecule has 0 aliphatic rings. The lowest BCUT2D eigenvalue weighted by molar-refractivity contribution is -0.384. The van der Waals surface area contributed by atoms with Crippen LogP contribution in [0.2, 0.25) is 5.02 Å². The Bertz CT molecular complexity index is 860. The first-order chi connectivity index (χ1) is 11.1. The number of nitro benzene ring substituents is 1. The van der Waals surface area contributed by atoms with E-state index < -0.39 is 4.92 Å². The lowest BCUT2D eigenvalue weighted by Crippen LogP contribution is -1.88. The van der Waals surface area contributed by atoms with E-state index in [0.717, 1.165) is 16.1 Å². The molecule has 0 aliphatic carbocycles. The number of benzene rings is 2. The van der Waals surface area contributed by atoms with Gasteiger partial charge in [-0.3, -0.25) is 10.1 Å². The van der Waals surface area contributed by atoms with Crippen molar-refractivity contribution in [2.75, 3.05) is 0 Å². The van der Waals surface area contributed by atoms with Crippen LogP contribution in [0.4, 0.5) is 10.8 Å². The summed E-state index contributed by atoms with van der Waals surface area (Å²) in [4.78, 5) is 14.4. The van der Waals surface area contributed by atoms with Crippen LogP contribution in [0.1, 0.15) is 5.56 Å². The number of hydrogen-bond acceptors (Lipinski definition) is 6. The molecule has 6 nitrogen and oxygen atoms in total. The number of hydrogen-bond donors (Lipinski definition) is 0. The molecule has 0 radical (unpaired) electrons. The molecule has 2 aromatic carbocycles. The first-order valence-electron chi connectivity index (χ1n) is 6.50. The first-order valence-corrected chi connectivity index (χ1v) is 7.69. The number of halogens is 1. The van der Waals surface area contributed by atoms with Gasteiger partial charge in [-0.25, -0.2) is 4.99 Å². The van der Waals surface area contributed by atoms with E-state index >= 15 is 0 Å². The Kier molecular flexibility index (Phi) is 4.40. The molecule has 0 aliphatic heterocycles. The average molecular weight is 345 g/mol. The molecule has 1 aromatic heterocycles. The second-order valence-corrected chi connectivity index (χ2v) is 5.90. The summed E-state index contributed by atoms with van der Waals surface area (Å²) in [5.41, 5.74) is 1.71. The van der Waals surface area contributed by atoms with Crippen molar-refractivity contribution in [1.82, 2.24) is 10.2 Å². The van der Waals surface area contributed by atoms with Crippen molar-refractivity contribution in [3.05, 3.63) is 69.2 Å². The quantitative estimate of drug-likeness (QED) is 0.396. The number of aliphatic imine (C=N–C) groups is 1. The van der Waals surface area contributed by atoms with Crippen molar-refractivity contribution >= 4 is 40.0 Å². The molecule has 0 atom stereocenters. The zero-order valence-corrected chi connectivity index (χ0v) is 13.2. The van der Waals surface area contributed by atoms with Crippen molar-refractivity contribution in [2.45, 2.75) is 0 Å². The largest absolute Gasteiger partial charge is 0.269 e. The standard InChI is InChI=1S/C15H9ClN4O2S/c16-12-5-3-11(4-6-12)14-18-19-15(23-14)17-9-10-1-7-13(8-2-10)20(21)22/h1-9H/b17-9+. The lowest BCUT2D eigenvalue weighted by atomic mass is 10.2. The summed E-state index contributed by atoms with van der Waals surface area (Å²) in [5.74, 6) is 0. The van der Waals surface area contributed by atoms with Gasteiger partial charge in [0.15, 0.2) is 0 Å². The summed E-state index contributed by atoms with van der Waals surface area (Å²) < 4.78 is 0. The Morgan fingerprint density at radius 3 is 2.43 bits per heavy atom. The monoisotopic (exact) mass is 344 g/mol. The molecule has 23 heavy (non-hydrogen) atoms. The molecule has 0 N–H and O–H groups in total. The second kappa shape index (κ2) is 6.64. The van der Waals surface area contributed by atoms with Gasteiger partial charge in [0.25, 0.3) is 5.69 Å². The predicted octanol–water partition coefficient (Wildman–Crippen LogP) is 4.52. The maximum atomic E-state index is 10.6. The molecular weight excluding hydrogens is 336 g/mol. The summed E-state index contributed by atoms with van der Waals surface area (Å²) in [7, 11) is 0. The Balaban J connectivity index is 1.75. The minimum absolute atomic E-state index is 0.0445. The van der Waals surface area contributed by atoms with Crippen LogP contribution < -0.4 is 0 Å². The fourth-order valence-corrected chi connectivity index (χ4v) is 2.61. The van der Waals surface area contributed by atoms with Gasteiger partial charge in [0, 0.05) is 28.9 Å². The molecule has 1 heterocycles. The van der Waals surface area contributed by atoms with Crippen LogP contribution in [0.15, 0.2) is 53.5 Å². The van der Waals surface area contributed by atoms with E-state index in [1.54, 1.807) is 30.5 Å². The Hall–Kier alpha value is -2.64. The third kappa shape index (κ3) is 3.77. The number of nitro groups is 1. The molecule has 0 saturated heterocycles. The number of nitrogens with zero attached hydrogens (tertiary/aromatic N) is 4. The molecule has 0 unspecified atom stereocenters. The minimum Gasteiger partial charge on any atom is -0.258 e. The van der Waals surface area contributed by atoms with E-state index in [0.29, 0.717) is 10.2 Å². The van der Waals surface area contributed by atoms with E-state index in [4.69, 9.17) is 11.6 Å². The van der Waals surface area contributed by atoms with Crippen LogP contribution in [0.3, 0.4) is 0 Å². The normalized spacial score (nSPS) is 11.0. The molecule has 114 valence electrons. The van der Waals surface area contributed by atoms with Crippen molar-refractivity contribution in [2.24, 2.45) is 4.99 Å². The molecule has 8 heteroatoms. The highest BCUT2D eigenvalue weighted by molar-refractivity contribution is 7.18. The molecule has 0 fully saturated rings. The average Bonchev–Trinajstić information content (AvgIpc) is 3.03. The van der Waals surface area contributed by atoms with Crippen LogP contribution in [-0.4, -0.2) is 21.3 Å². The van der Waals surface area contributed by atoms with E-state index in [9.17, 15) is 10.1 Å². The molecule has 0 bridgehead atoms. The van der Waals surface area contributed by atoms with E-state index in [2.05, 4.69) is 15.2 Å². The van der Waals surface area contributed by atoms with Gasteiger partial charge in [-0.1, -0.05) is 35.1 Å². The fraction of sp³-hybridized carbons (Fsp3) is 0. The zero-order chi connectivity index (χ0) is 16.2. The topological polar surface area (TPSA) is 81.3 Å². The molecule has 0 saturated carbocycles. The SMILES string of the molecule is O=[N+]([O-])c1ccc(/C=N/c2nnc(-c3ccc(Cl)cc3)s2)cc1. The summed E-state index contributed by atoms with van der Waals surface area (Å²) in [6.45, 7) is 0. The van der Waals surface area contributed by atoms with Crippen molar-refractivity contribution in [3.63, 3.8) is 0 Å². The highest BCUT2D eigenvalue weighted by atomic mass is 35.5. The summed E-state index contributed by atoms with van der Waals surface area (Å²) in [5, 5.41) is 20.6. The van der Waals surface area contributed by atoms with E-state index in [1.807, 2.05) is 12.1 Å². The molecule has 3 aromatic rings. The minimum atomic E-state index is -0.440. The Morgan fingerprint density at radius 2 is 1.78 bits per heavy atom. The van der Waals surface area contributed by atoms with Gasteiger partial charge in [0.1, 0.15) is 5.01 Å². The highest BCUT2D eigenvalue weighted by Gasteiger charge is 2.06. The van der Waals surface area contributed by atoms with E-state index in [1.165, 1.54) is 23.5 Å². The molecule has 3 rings (SSSR count). The first kappa shape index (κ1) is 15.3. The number of rotatable bonds is 4. The summed E-state index contributed by atoms with van der Waals surface area (Å²) >= 11 is 7.20. The summed E-state index contributed by atoms with van der Waals surface area (Å²) in [6.07, 6.45) is 1.59. The Morgan fingerprint density at radius 1 is 1.09 bits per heavy atom. The van der Waals surface area contributed by atoms with Gasteiger partial charge in [0.05, 0.1) is 4.92 Å². The Labute approximate surface area is 140 Å². The predicted molar refractivity (Wildman–Crippen MR) is 90.7 cm³/mol. The maximum absolute atomic E-state index is 10.6. The van der Waals surface area contributed by atoms with Crippen molar-refractivity contribution in [1.29, 1.82) is 0 Å². The second-order valence-electron chi connectivity index (χ2n) is 4.50. The third-order valence-corrected chi connectivity index (χ3v) is 4.07. The van der Waals surface area contributed by atoms with Gasteiger partial charge in [-0.15, -0.1) is 10.2 Å². The van der Waals surface area contributed by atoms with Crippen molar-refractivity contribution < 1.29 is 4.92 Å². The van der Waals surface area contributed by atoms with Crippen LogP contribution in [0, 0.1) is 10.1 Å². The molecule has 0 spiro atoms. The van der Waals surface area contributed by atoms with Gasteiger partial charge in [-0.2, -0.15) is 0 Å². The van der Waals surface area contributed by atoms with Crippen molar-refractivity contribution in [3.8, 4) is 10.6 Å². The lowest BCUT2D eigenvalue weighted by Gasteiger charge is -1.93. The smallest absolute Gasteiger partial charge is 0.258 e. The van der Waals surface area contributed by atoms with Crippen LogP contribution in [0.5, 0.6) is 0 Å². The summed E-state index contributed by atoms with van der Waals surface area (Å²) in [6, 6.07) is 13.4. The van der Waals surface area contributed by atoms with E-state index in [-0.39, 0.29) is 5.69 Å². The third-order valence-electron chi connectivity index (χ3n) is 2.93. The number of aromatic nitrogens is 2. The van der Waals surface area contributed by atoms with Crippen LogP contribution >= 0.6 is 22.9 Å². The number of non-ortho nitro benzene ring substituents is 1. The van der Waals surface area contributed by atoms with Crippen LogP contribution in [-0.2, 0) is 0 Å². The van der Waals surface area contributed by atoms with Gasteiger partial charge >= 0.3 is 0 Å². The van der Waals surface area contributed by atoms with Gasteiger partial charge in [0.2, 0.25) is 5.13 Å². The molecular formula is C15H9ClN4O2S. The van der Waals surface area contributed by atoms with Gasteiger partial charge in [-0.05, 0) is 29.8 Å². The zero-order valence-electron chi connectivity index (χ0n) is 11.6.